The molecule has 1 aromatic carbocycles. The molecule has 0 aliphatic rings. The molecule has 0 aliphatic heterocycles. The van der Waals surface area contributed by atoms with Crippen molar-refractivity contribution in [3.05, 3.63) is 24.3 Å². The van der Waals surface area contributed by atoms with Gasteiger partial charge in [0.25, 0.3) is 0 Å². The summed E-state index contributed by atoms with van der Waals surface area (Å²) in [7, 11) is 0. The number of hydrogen-bond donors (Lipinski definition) is 1. The van der Waals surface area contributed by atoms with Crippen molar-refractivity contribution in [2.45, 2.75) is 66.8 Å². The van der Waals surface area contributed by atoms with Crippen LogP contribution in [0.25, 0.3) is 0 Å². The second kappa shape index (κ2) is 8.32. The van der Waals surface area contributed by atoms with E-state index < -0.39 is 0 Å². The zero-order valence-electron chi connectivity index (χ0n) is 16.1. The van der Waals surface area contributed by atoms with Crippen LogP contribution in [-0.4, -0.2) is 17.4 Å². The molecule has 0 spiro atoms. The Bertz CT molecular complexity index is 571. The van der Waals surface area contributed by atoms with Crippen molar-refractivity contribution in [1.82, 2.24) is 0 Å². The first-order valence-corrected chi connectivity index (χ1v) is 8.73. The zero-order valence-corrected chi connectivity index (χ0v) is 16.1. The Balaban J connectivity index is 3.06. The normalized spacial score (nSPS) is 11.7. The van der Waals surface area contributed by atoms with Crippen molar-refractivity contribution in [2.24, 2.45) is 11.8 Å². The van der Waals surface area contributed by atoms with Gasteiger partial charge < -0.3 is 10.2 Å². The second-order valence-electron chi connectivity index (χ2n) is 8.19. The summed E-state index contributed by atoms with van der Waals surface area (Å²) in [5.41, 5.74) is 1.22. The van der Waals surface area contributed by atoms with E-state index in [0.29, 0.717) is 24.7 Å². The van der Waals surface area contributed by atoms with Crippen LogP contribution in [0, 0.1) is 11.8 Å². The van der Waals surface area contributed by atoms with Crippen molar-refractivity contribution >= 4 is 23.2 Å². The Morgan fingerprint density at radius 1 is 1.04 bits per heavy atom. The number of nitrogens with one attached hydrogen (secondary N) is 1. The number of hydrogen-bond acceptors (Lipinski definition) is 2. The first kappa shape index (κ1) is 20.2. The molecule has 24 heavy (non-hydrogen) atoms. The van der Waals surface area contributed by atoms with E-state index >= 15 is 0 Å². The molecule has 0 bridgehead atoms. The molecule has 0 aromatic heterocycles. The molecule has 4 heteroatoms. The molecule has 1 rings (SSSR count). The lowest BCUT2D eigenvalue weighted by molar-refractivity contribution is -0.120. The third kappa shape index (κ3) is 6.34. The average molecular weight is 332 g/mol. The van der Waals surface area contributed by atoms with Crippen molar-refractivity contribution in [1.29, 1.82) is 0 Å². The molecule has 0 heterocycles. The van der Waals surface area contributed by atoms with Gasteiger partial charge in [-0.2, -0.15) is 0 Å². The summed E-state index contributed by atoms with van der Waals surface area (Å²) in [5.74, 6) is 0.712. The number of benzene rings is 1. The molecule has 1 aromatic rings. The lowest BCUT2D eigenvalue weighted by atomic mass is 10.0. The predicted molar refractivity (Wildman–Crippen MR) is 101 cm³/mol. The molecule has 0 atom stereocenters. The first-order chi connectivity index (χ1) is 11.0. The number of carbonyl (C=O) groups excluding carboxylic acids is 2. The maximum atomic E-state index is 12.7. The highest BCUT2D eigenvalue weighted by Crippen LogP contribution is 2.28. The standard InChI is InChI=1S/C20H32N2O2/c1-14(2)11-18(23)21-16-9-8-10-17(13-16)22(20(5,6)7)19(24)12-15(3)4/h8-10,13-15H,11-12H2,1-7H3,(H,21,23). The van der Waals surface area contributed by atoms with Crippen molar-refractivity contribution < 1.29 is 9.59 Å². The van der Waals surface area contributed by atoms with Crippen LogP contribution in [0.4, 0.5) is 11.4 Å². The van der Waals surface area contributed by atoms with Crippen molar-refractivity contribution in [3.63, 3.8) is 0 Å². The highest BCUT2D eigenvalue weighted by atomic mass is 16.2. The summed E-state index contributed by atoms with van der Waals surface area (Å²) in [4.78, 5) is 26.5. The third-order valence-corrected chi connectivity index (χ3v) is 3.48. The fourth-order valence-corrected chi connectivity index (χ4v) is 2.65. The van der Waals surface area contributed by atoms with Gasteiger partial charge >= 0.3 is 0 Å². The molecule has 0 unspecified atom stereocenters. The SMILES string of the molecule is CC(C)CC(=O)Nc1cccc(N(C(=O)CC(C)C)C(C)(C)C)c1. The highest BCUT2D eigenvalue weighted by molar-refractivity contribution is 5.96. The van der Waals surface area contributed by atoms with Gasteiger partial charge in [0.1, 0.15) is 0 Å². The van der Waals surface area contributed by atoms with Crippen LogP contribution in [0.1, 0.15) is 61.3 Å². The van der Waals surface area contributed by atoms with Crippen molar-refractivity contribution in [3.8, 4) is 0 Å². The van der Waals surface area contributed by atoms with E-state index in [0.717, 1.165) is 11.4 Å². The molecule has 2 amide bonds. The lowest BCUT2D eigenvalue weighted by Gasteiger charge is -2.36. The van der Waals surface area contributed by atoms with Gasteiger partial charge in [0, 0.05) is 29.8 Å². The topological polar surface area (TPSA) is 49.4 Å². The van der Waals surface area contributed by atoms with E-state index in [1.807, 2.05) is 77.6 Å². The molecule has 1 N–H and O–H groups in total. The monoisotopic (exact) mass is 332 g/mol. The molecule has 0 saturated heterocycles. The van der Waals surface area contributed by atoms with E-state index in [-0.39, 0.29) is 17.4 Å². The van der Waals surface area contributed by atoms with Crippen LogP contribution in [0.15, 0.2) is 24.3 Å². The Hall–Kier alpha value is -1.84. The largest absolute Gasteiger partial charge is 0.326 e. The van der Waals surface area contributed by atoms with Crippen molar-refractivity contribution in [2.75, 3.05) is 10.2 Å². The number of carbonyl (C=O) groups is 2. The molecular formula is C20H32N2O2. The summed E-state index contributed by atoms with van der Waals surface area (Å²) in [6.45, 7) is 14.2. The second-order valence-corrected chi connectivity index (χ2v) is 8.19. The Morgan fingerprint density at radius 2 is 1.62 bits per heavy atom. The van der Waals surface area contributed by atoms with Crippen LogP contribution >= 0.6 is 0 Å². The summed E-state index contributed by atoms with van der Waals surface area (Å²) < 4.78 is 0. The van der Waals surface area contributed by atoms with Crippen LogP contribution < -0.4 is 10.2 Å². The number of rotatable bonds is 6. The Kier molecular flexibility index (Phi) is 7.00. The quantitative estimate of drug-likeness (QED) is 0.809. The Labute approximate surface area is 146 Å². The van der Waals surface area contributed by atoms with Gasteiger partial charge in [0.05, 0.1) is 0 Å². The average Bonchev–Trinajstić information content (AvgIpc) is 2.34. The molecule has 0 aliphatic carbocycles. The maximum absolute atomic E-state index is 12.7. The summed E-state index contributed by atoms with van der Waals surface area (Å²) in [5, 5.41) is 2.92. The lowest BCUT2D eigenvalue weighted by Crippen LogP contribution is -2.46. The van der Waals surface area contributed by atoms with E-state index in [1.165, 1.54) is 0 Å². The van der Waals surface area contributed by atoms with Gasteiger partial charge in [-0.05, 0) is 50.8 Å². The van der Waals surface area contributed by atoms with Gasteiger partial charge in [0.15, 0.2) is 0 Å². The molecule has 0 saturated carbocycles. The maximum Gasteiger partial charge on any atom is 0.227 e. The van der Waals surface area contributed by atoms with Gasteiger partial charge in [-0.25, -0.2) is 0 Å². The minimum Gasteiger partial charge on any atom is -0.326 e. The molecule has 0 radical (unpaired) electrons. The highest BCUT2D eigenvalue weighted by Gasteiger charge is 2.28. The van der Waals surface area contributed by atoms with E-state index in [2.05, 4.69) is 5.32 Å². The van der Waals surface area contributed by atoms with E-state index in [9.17, 15) is 9.59 Å². The van der Waals surface area contributed by atoms with Gasteiger partial charge in [-0.3, -0.25) is 9.59 Å². The fraction of sp³-hybridized carbons (Fsp3) is 0.600. The third-order valence-electron chi connectivity index (χ3n) is 3.48. The molecular weight excluding hydrogens is 300 g/mol. The van der Waals surface area contributed by atoms with Gasteiger partial charge in [0.2, 0.25) is 11.8 Å². The first-order valence-electron chi connectivity index (χ1n) is 8.73. The van der Waals surface area contributed by atoms with Gasteiger partial charge in [-0.15, -0.1) is 0 Å². The minimum atomic E-state index is -0.327. The predicted octanol–water partition coefficient (Wildman–Crippen LogP) is 4.85. The van der Waals surface area contributed by atoms with Gasteiger partial charge in [-0.1, -0.05) is 33.8 Å². The van der Waals surface area contributed by atoms with Crippen LogP contribution in [0.5, 0.6) is 0 Å². The fourth-order valence-electron chi connectivity index (χ4n) is 2.65. The molecule has 0 fully saturated rings. The number of amides is 2. The molecule has 4 nitrogen and oxygen atoms in total. The number of nitrogens with zero attached hydrogens (tertiary/aromatic N) is 1. The molecule has 134 valence electrons. The minimum absolute atomic E-state index is 0.00188. The van der Waals surface area contributed by atoms with E-state index in [1.54, 1.807) is 0 Å². The Morgan fingerprint density at radius 3 is 2.12 bits per heavy atom. The van der Waals surface area contributed by atoms with Crippen LogP contribution in [0.2, 0.25) is 0 Å². The number of anilines is 2. The zero-order chi connectivity index (χ0) is 18.5. The van der Waals surface area contributed by atoms with E-state index in [4.69, 9.17) is 0 Å². The summed E-state index contributed by atoms with van der Waals surface area (Å²) in [6.07, 6.45) is 0.987. The summed E-state index contributed by atoms with van der Waals surface area (Å²) in [6, 6.07) is 7.53. The summed E-state index contributed by atoms with van der Waals surface area (Å²) >= 11 is 0. The van der Waals surface area contributed by atoms with Crippen LogP contribution in [-0.2, 0) is 9.59 Å². The smallest absolute Gasteiger partial charge is 0.227 e. The van der Waals surface area contributed by atoms with Crippen LogP contribution in [0.3, 0.4) is 0 Å².